The van der Waals surface area contributed by atoms with E-state index < -0.39 is 0 Å². The number of hydrogen-bond donors (Lipinski definition) is 1. The molecule has 32 heavy (non-hydrogen) atoms. The fourth-order valence-corrected chi connectivity index (χ4v) is 4.57. The van der Waals surface area contributed by atoms with Crippen molar-refractivity contribution < 1.29 is 9.59 Å². The van der Waals surface area contributed by atoms with Crippen molar-refractivity contribution in [2.24, 2.45) is 0 Å². The fraction of sp³-hybridized carbons (Fsp3) is 0.360. The zero-order valence-electron chi connectivity index (χ0n) is 18.9. The minimum Gasteiger partial charge on any atom is -0.337 e. The molecule has 0 unspecified atom stereocenters. The molecule has 1 saturated heterocycles. The molecule has 7 nitrogen and oxygen atoms in total. The van der Waals surface area contributed by atoms with Gasteiger partial charge in [-0.3, -0.25) is 19.9 Å². The van der Waals surface area contributed by atoms with Gasteiger partial charge in [-0.2, -0.15) is 0 Å². The Kier molecular flexibility index (Phi) is 6.08. The molecule has 0 spiro atoms. The first-order chi connectivity index (χ1) is 15.4. The Labute approximate surface area is 188 Å². The maximum atomic E-state index is 13.0. The van der Waals surface area contributed by atoms with E-state index in [1.54, 1.807) is 18.3 Å². The van der Waals surface area contributed by atoms with Crippen LogP contribution in [0.4, 0.5) is 5.95 Å². The first kappa shape index (κ1) is 21.7. The highest BCUT2D eigenvalue weighted by Gasteiger charge is 2.27. The molecule has 0 saturated carbocycles. The van der Waals surface area contributed by atoms with Gasteiger partial charge in [-0.15, -0.1) is 0 Å². The van der Waals surface area contributed by atoms with E-state index in [-0.39, 0.29) is 17.9 Å². The van der Waals surface area contributed by atoms with Crippen LogP contribution in [0.15, 0.2) is 43.1 Å². The Balaban J connectivity index is 1.79. The zero-order valence-corrected chi connectivity index (χ0v) is 18.9. The number of carbonyl (C=O) groups is 2. The monoisotopic (exact) mass is 431 g/mol. The lowest BCUT2D eigenvalue weighted by Gasteiger charge is -2.26. The van der Waals surface area contributed by atoms with E-state index >= 15 is 0 Å². The summed E-state index contributed by atoms with van der Waals surface area (Å²) in [5, 5.41) is 3.03. The van der Waals surface area contributed by atoms with Crippen LogP contribution in [-0.4, -0.2) is 44.3 Å². The van der Waals surface area contributed by atoms with E-state index in [2.05, 4.69) is 34.4 Å². The molecule has 0 radical (unpaired) electrons. The summed E-state index contributed by atoms with van der Waals surface area (Å²) in [4.78, 5) is 36.3. The molecule has 2 amide bonds. The molecule has 1 atom stereocenters. The number of anilines is 1. The summed E-state index contributed by atoms with van der Waals surface area (Å²) in [5.41, 5.74) is 5.36. The molecule has 1 aromatic carbocycles. The van der Waals surface area contributed by atoms with Crippen LogP contribution in [0.2, 0.25) is 0 Å². The molecular formula is C25H29N5O2. The van der Waals surface area contributed by atoms with Crippen molar-refractivity contribution in [1.82, 2.24) is 19.4 Å². The summed E-state index contributed by atoms with van der Waals surface area (Å²) in [6, 6.07) is 7.62. The fourth-order valence-electron chi connectivity index (χ4n) is 4.57. The van der Waals surface area contributed by atoms with Crippen molar-refractivity contribution in [2.75, 3.05) is 18.4 Å². The molecule has 1 aliphatic heterocycles. The predicted octanol–water partition coefficient (Wildman–Crippen LogP) is 4.35. The maximum Gasteiger partial charge on any atom is 0.258 e. The summed E-state index contributed by atoms with van der Waals surface area (Å²) in [6.45, 7) is 10.9. The van der Waals surface area contributed by atoms with Crippen LogP contribution in [0.1, 0.15) is 52.5 Å². The Morgan fingerprint density at radius 3 is 2.75 bits per heavy atom. The van der Waals surface area contributed by atoms with Crippen molar-refractivity contribution in [2.45, 2.75) is 46.1 Å². The number of aromatic nitrogens is 3. The van der Waals surface area contributed by atoms with Gasteiger partial charge >= 0.3 is 0 Å². The second kappa shape index (κ2) is 8.94. The van der Waals surface area contributed by atoms with Crippen LogP contribution in [0, 0.1) is 20.8 Å². The van der Waals surface area contributed by atoms with Gasteiger partial charge in [0.1, 0.15) is 0 Å². The molecule has 1 fully saturated rings. The zero-order chi connectivity index (χ0) is 22.8. The quantitative estimate of drug-likeness (QED) is 0.623. The largest absolute Gasteiger partial charge is 0.337 e. The SMILES string of the molecule is C=CC(=O)N1CCCC[C@@H](n2c(NC(=O)c3ccnc(C)c3)nc3cc(C)cc(C)c32)C1. The van der Waals surface area contributed by atoms with Gasteiger partial charge in [0.15, 0.2) is 0 Å². The van der Waals surface area contributed by atoms with E-state index in [0.29, 0.717) is 24.6 Å². The van der Waals surface area contributed by atoms with Gasteiger partial charge < -0.3 is 9.47 Å². The van der Waals surface area contributed by atoms with Gasteiger partial charge in [-0.1, -0.05) is 12.6 Å². The van der Waals surface area contributed by atoms with Crippen LogP contribution in [0.5, 0.6) is 0 Å². The van der Waals surface area contributed by atoms with Crippen LogP contribution >= 0.6 is 0 Å². The normalized spacial score (nSPS) is 16.6. The number of imidazole rings is 1. The number of amides is 2. The van der Waals surface area contributed by atoms with E-state index in [0.717, 1.165) is 47.1 Å². The topological polar surface area (TPSA) is 80.1 Å². The third-order valence-electron chi connectivity index (χ3n) is 6.00. The van der Waals surface area contributed by atoms with Crippen LogP contribution in [0.25, 0.3) is 11.0 Å². The van der Waals surface area contributed by atoms with Crippen molar-refractivity contribution in [1.29, 1.82) is 0 Å². The molecule has 3 aromatic rings. The molecular weight excluding hydrogens is 402 g/mol. The molecule has 0 bridgehead atoms. The second-order valence-corrected chi connectivity index (χ2v) is 8.53. The number of fused-ring (bicyclic) bond motifs is 1. The molecule has 4 rings (SSSR count). The minimum atomic E-state index is -0.228. The average Bonchev–Trinajstić information content (AvgIpc) is 2.94. The number of carbonyl (C=O) groups excluding carboxylic acids is 2. The van der Waals surface area contributed by atoms with Gasteiger partial charge in [-0.25, -0.2) is 4.98 Å². The highest BCUT2D eigenvalue weighted by Crippen LogP contribution is 2.32. The van der Waals surface area contributed by atoms with Crippen molar-refractivity contribution in [3.05, 3.63) is 65.5 Å². The molecule has 7 heteroatoms. The van der Waals surface area contributed by atoms with Gasteiger partial charge in [0, 0.05) is 30.5 Å². The lowest BCUT2D eigenvalue weighted by molar-refractivity contribution is -0.126. The summed E-state index contributed by atoms with van der Waals surface area (Å²) < 4.78 is 2.12. The molecule has 166 valence electrons. The number of nitrogens with zero attached hydrogens (tertiary/aromatic N) is 4. The van der Waals surface area contributed by atoms with Gasteiger partial charge in [0.05, 0.1) is 17.1 Å². The summed E-state index contributed by atoms with van der Waals surface area (Å²) in [7, 11) is 0. The number of likely N-dealkylation sites (tertiary alicyclic amines) is 1. The number of hydrogen-bond acceptors (Lipinski definition) is 4. The Morgan fingerprint density at radius 2 is 2.00 bits per heavy atom. The molecule has 1 aliphatic rings. The third-order valence-corrected chi connectivity index (χ3v) is 6.00. The summed E-state index contributed by atoms with van der Waals surface area (Å²) >= 11 is 0. The maximum absolute atomic E-state index is 13.0. The van der Waals surface area contributed by atoms with Crippen molar-refractivity contribution in [3.63, 3.8) is 0 Å². The first-order valence-electron chi connectivity index (χ1n) is 11.0. The smallest absolute Gasteiger partial charge is 0.258 e. The molecule has 2 aromatic heterocycles. The Morgan fingerprint density at radius 1 is 1.19 bits per heavy atom. The number of nitrogens with one attached hydrogen (secondary N) is 1. The number of pyridine rings is 1. The number of aryl methyl sites for hydroxylation is 3. The van der Waals surface area contributed by atoms with E-state index in [1.807, 2.05) is 24.8 Å². The standard InChI is InChI=1S/C25H29N5O2/c1-5-22(31)29-11-7-6-8-20(15-29)30-23-17(3)12-16(2)13-21(23)27-25(30)28-24(32)19-9-10-26-18(4)14-19/h5,9-10,12-14,20H,1,6-8,11,15H2,2-4H3,(H,27,28,32)/t20-/m1/s1. The van der Waals surface area contributed by atoms with E-state index in [9.17, 15) is 9.59 Å². The number of benzene rings is 1. The predicted molar refractivity (Wildman–Crippen MR) is 126 cm³/mol. The summed E-state index contributed by atoms with van der Waals surface area (Å²) in [6.07, 6.45) is 5.84. The Hall–Kier alpha value is -3.48. The van der Waals surface area contributed by atoms with Crippen LogP contribution in [0.3, 0.4) is 0 Å². The minimum absolute atomic E-state index is 0.00211. The lowest BCUT2D eigenvalue weighted by Crippen LogP contribution is -2.34. The second-order valence-electron chi connectivity index (χ2n) is 8.53. The van der Waals surface area contributed by atoms with E-state index in [4.69, 9.17) is 4.98 Å². The highest BCUT2D eigenvalue weighted by molar-refractivity contribution is 6.04. The van der Waals surface area contributed by atoms with Gasteiger partial charge in [0.2, 0.25) is 11.9 Å². The number of rotatable bonds is 4. The Bertz CT molecular complexity index is 1200. The van der Waals surface area contributed by atoms with Gasteiger partial charge in [-0.05, 0) is 75.4 Å². The lowest BCUT2D eigenvalue weighted by atomic mass is 10.1. The highest BCUT2D eigenvalue weighted by atomic mass is 16.2. The van der Waals surface area contributed by atoms with Gasteiger partial charge in [0.25, 0.3) is 5.91 Å². The van der Waals surface area contributed by atoms with Crippen molar-refractivity contribution >= 4 is 28.8 Å². The molecule has 0 aliphatic carbocycles. The first-order valence-corrected chi connectivity index (χ1v) is 11.0. The van der Waals surface area contributed by atoms with Crippen molar-refractivity contribution in [3.8, 4) is 0 Å². The van der Waals surface area contributed by atoms with Crippen LogP contribution in [-0.2, 0) is 4.79 Å². The van der Waals surface area contributed by atoms with Crippen LogP contribution < -0.4 is 5.32 Å². The molecule has 1 N–H and O–H groups in total. The van der Waals surface area contributed by atoms with E-state index in [1.165, 1.54) is 6.08 Å². The third kappa shape index (κ3) is 4.28. The molecule has 3 heterocycles. The average molecular weight is 432 g/mol. The summed E-state index contributed by atoms with van der Waals surface area (Å²) in [5.74, 6) is 0.215.